The summed E-state index contributed by atoms with van der Waals surface area (Å²) in [7, 11) is 0. The van der Waals surface area contributed by atoms with E-state index in [1.807, 2.05) is 13.0 Å². The first-order valence-corrected chi connectivity index (χ1v) is 7.36. The number of benzene rings is 2. The van der Waals surface area contributed by atoms with Gasteiger partial charge in [-0.15, -0.1) is 0 Å². The van der Waals surface area contributed by atoms with Crippen LogP contribution in [0.2, 0.25) is 0 Å². The second-order valence-electron chi connectivity index (χ2n) is 5.24. The molecule has 1 N–H and O–H groups in total. The number of fused-ring (bicyclic) bond motifs is 1. The normalized spacial score (nSPS) is 15.3. The highest BCUT2D eigenvalue weighted by Gasteiger charge is 2.33. The summed E-state index contributed by atoms with van der Waals surface area (Å²) in [5.74, 6) is 0.177. The van der Waals surface area contributed by atoms with Crippen LogP contribution in [0.5, 0.6) is 5.75 Å². The molecule has 1 aliphatic heterocycles. The lowest BCUT2D eigenvalue weighted by Gasteiger charge is -2.08. The molecule has 1 heterocycles. The van der Waals surface area contributed by atoms with E-state index in [4.69, 9.17) is 4.74 Å². The SMILES string of the molecule is CCOc1ccccc1/C=C1\C(=O)Nc2cc(C(F)(F)F)ccc21. The van der Waals surface area contributed by atoms with Crippen LogP contribution >= 0.6 is 0 Å². The predicted molar refractivity (Wildman–Crippen MR) is 85.6 cm³/mol. The molecule has 0 fully saturated rings. The maximum atomic E-state index is 12.8. The van der Waals surface area contributed by atoms with Crippen molar-refractivity contribution in [3.8, 4) is 5.75 Å². The Hall–Kier alpha value is -2.76. The highest BCUT2D eigenvalue weighted by molar-refractivity contribution is 6.35. The lowest BCUT2D eigenvalue weighted by Crippen LogP contribution is -2.06. The Morgan fingerprint density at radius 2 is 1.92 bits per heavy atom. The molecule has 6 heteroatoms. The molecule has 0 aliphatic carbocycles. The van der Waals surface area contributed by atoms with Crippen LogP contribution in [-0.2, 0) is 11.0 Å². The fourth-order valence-electron chi connectivity index (χ4n) is 2.56. The van der Waals surface area contributed by atoms with Crippen molar-refractivity contribution in [1.82, 2.24) is 0 Å². The first-order valence-electron chi connectivity index (χ1n) is 7.36. The zero-order valence-electron chi connectivity index (χ0n) is 12.8. The average molecular weight is 333 g/mol. The maximum absolute atomic E-state index is 12.8. The molecule has 3 rings (SSSR count). The smallest absolute Gasteiger partial charge is 0.416 e. The minimum absolute atomic E-state index is 0.162. The van der Waals surface area contributed by atoms with Gasteiger partial charge in [0, 0.05) is 22.4 Å². The van der Waals surface area contributed by atoms with Crippen molar-refractivity contribution in [2.75, 3.05) is 11.9 Å². The van der Waals surface area contributed by atoms with E-state index in [-0.39, 0.29) is 5.69 Å². The van der Waals surface area contributed by atoms with Crippen LogP contribution in [0.3, 0.4) is 0 Å². The Morgan fingerprint density at radius 1 is 1.17 bits per heavy atom. The molecule has 0 spiro atoms. The molecule has 24 heavy (non-hydrogen) atoms. The number of para-hydroxylation sites is 1. The molecule has 0 bridgehead atoms. The summed E-state index contributed by atoms with van der Waals surface area (Å²) >= 11 is 0. The second-order valence-corrected chi connectivity index (χ2v) is 5.24. The standard InChI is InChI=1S/C18H14F3NO2/c1-2-24-16-6-4-3-5-11(16)9-14-13-8-7-12(18(19,20)21)10-15(13)22-17(14)23/h3-10H,2H2,1H3,(H,22,23)/b14-9-. The lowest BCUT2D eigenvalue weighted by atomic mass is 10.0. The molecule has 1 amide bonds. The van der Waals surface area contributed by atoms with Crippen molar-refractivity contribution >= 4 is 23.2 Å². The first kappa shape index (κ1) is 16.1. The Kier molecular flexibility index (Phi) is 4.05. The lowest BCUT2D eigenvalue weighted by molar-refractivity contribution is -0.137. The molecule has 0 saturated heterocycles. The number of anilines is 1. The number of rotatable bonds is 3. The van der Waals surface area contributed by atoms with E-state index in [2.05, 4.69) is 5.32 Å². The average Bonchev–Trinajstić information content (AvgIpc) is 2.84. The van der Waals surface area contributed by atoms with Crippen LogP contribution in [0.15, 0.2) is 42.5 Å². The quantitative estimate of drug-likeness (QED) is 0.834. The number of hydrogen-bond donors (Lipinski definition) is 1. The van der Waals surface area contributed by atoms with Crippen LogP contribution < -0.4 is 10.1 Å². The van der Waals surface area contributed by atoms with Crippen molar-refractivity contribution in [3.63, 3.8) is 0 Å². The summed E-state index contributed by atoms with van der Waals surface area (Å²) < 4.78 is 43.9. The third-order valence-electron chi connectivity index (χ3n) is 3.65. The van der Waals surface area contributed by atoms with Crippen molar-refractivity contribution in [2.24, 2.45) is 0 Å². The summed E-state index contributed by atoms with van der Waals surface area (Å²) in [5, 5.41) is 2.48. The number of nitrogens with one attached hydrogen (secondary N) is 1. The molecule has 0 saturated carbocycles. The number of halogens is 3. The van der Waals surface area contributed by atoms with Crippen molar-refractivity contribution in [3.05, 3.63) is 59.2 Å². The van der Waals surface area contributed by atoms with Gasteiger partial charge in [-0.3, -0.25) is 4.79 Å². The summed E-state index contributed by atoms with van der Waals surface area (Å²) in [4.78, 5) is 12.2. The number of hydrogen-bond acceptors (Lipinski definition) is 2. The van der Waals surface area contributed by atoms with E-state index in [0.29, 0.717) is 29.1 Å². The number of carbonyl (C=O) groups is 1. The van der Waals surface area contributed by atoms with E-state index in [1.54, 1.807) is 24.3 Å². The monoisotopic (exact) mass is 333 g/mol. The fraction of sp³-hybridized carbons (Fsp3) is 0.167. The molecular weight excluding hydrogens is 319 g/mol. The third-order valence-corrected chi connectivity index (χ3v) is 3.65. The number of ether oxygens (including phenoxy) is 1. The van der Waals surface area contributed by atoms with Crippen LogP contribution in [0.1, 0.15) is 23.6 Å². The van der Waals surface area contributed by atoms with Gasteiger partial charge in [0.15, 0.2) is 0 Å². The largest absolute Gasteiger partial charge is 0.493 e. The van der Waals surface area contributed by atoms with Gasteiger partial charge in [0.05, 0.1) is 12.2 Å². The predicted octanol–water partition coefficient (Wildman–Crippen LogP) is 4.60. The van der Waals surface area contributed by atoms with Crippen LogP contribution in [0, 0.1) is 0 Å². The van der Waals surface area contributed by atoms with Gasteiger partial charge in [0.1, 0.15) is 5.75 Å². The molecule has 2 aromatic carbocycles. The van der Waals surface area contributed by atoms with Crippen LogP contribution in [0.4, 0.5) is 18.9 Å². The van der Waals surface area contributed by atoms with Crippen LogP contribution in [-0.4, -0.2) is 12.5 Å². The van der Waals surface area contributed by atoms with Gasteiger partial charge in [0.25, 0.3) is 5.91 Å². The Labute approximate surface area is 136 Å². The number of amides is 1. The minimum atomic E-state index is -4.45. The van der Waals surface area contributed by atoms with Gasteiger partial charge >= 0.3 is 6.18 Å². The molecule has 2 aromatic rings. The summed E-state index contributed by atoms with van der Waals surface area (Å²) in [6, 6.07) is 10.4. The van der Waals surface area contributed by atoms with Gasteiger partial charge < -0.3 is 10.1 Å². The molecule has 0 aromatic heterocycles. The van der Waals surface area contributed by atoms with Crippen molar-refractivity contribution < 1.29 is 22.7 Å². The maximum Gasteiger partial charge on any atom is 0.416 e. The second kappa shape index (κ2) is 6.03. The molecule has 1 aliphatic rings. The first-order chi connectivity index (χ1) is 11.4. The van der Waals surface area contributed by atoms with E-state index in [9.17, 15) is 18.0 Å². The molecule has 0 atom stereocenters. The van der Waals surface area contributed by atoms with Gasteiger partial charge in [-0.25, -0.2) is 0 Å². The molecule has 3 nitrogen and oxygen atoms in total. The zero-order chi connectivity index (χ0) is 17.3. The van der Waals surface area contributed by atoms with Gasteiger partial charge in [-0.2, -0.15) is 13.2 Å². The Balaban J connectivity index is 2.05. The molecular formula is C18H14F3NO2. The Morgan fingerprint density at radius 3 is 2.62 bits per heavy atom. The summed E-state index contributed by atoms with van der Waals surface area (Å²) in [6.45, 7) is 2.32. The van der Waals surface area contributed by atoms with E-state index in [1.165, 1.54) is 6.07 Å². The number of alkyl halides is 3. The highest BCUT2D eigenvalue weighted by Crippen LogP contribution is 2.38. The van der Waals surface area contributed by atoms with Crippen molar-refractivity contribution in [2.45, 2.75) is 13.1 Å². The minimum Gasteiger partial charge on any atom is -0.493 e. The molecule has 124 valence electrons. The van der Waals surface area contributed by atoms with E-state index >= 15 is 0 Å². The van der Waals surface area contributed by atoms with Crippen LogP contribution in [0.25, 0.3) is 11.6 Å². The number of carbonyl (C=O) groups excluding carboxylic acids is 1. The summed E-state index contributed by atoms with van der Waals surface area (Å²) in [5.41, 5.74) is 0.815. The third kappa shape index (κ3) is 2.99. The highest BCUT2D eigenvalue weighted by atomic mass is 19.4. The van der Waals surface area contributed by atoms with E-state index in [0.717, 1.165) is 12.1 Å². The van der Waals surface area contributed by atoms with Gasteiger partial charge in [-0.1, -0.05) is 24.3 Å². The fourth-order valence-corrected chi connectivity index (χ4v) is 2.56. The topological polar surface area (TPSA) is 38.3 Å². The van der Waals surface area contributed by atoms with Gasteiger partial charge in [-0.05, 0) is 31.2 Å². The zero-order valence-corrected chi connectivity index (χ0v) is 12.8. The van der Waals surface area contributed by atoms with Gasteiger partial charge in [0.2, 0.25) is 0 Å². The van der Waals surface area contributed by atoms with E-state index < -0.39 is 17.6 Å². The molecule has 0 unspecified atom stereocenters. The molecule has 0 radical (unpaired) electrons. The summed E-state index contributed by atoms with van der Waals surface area (Å²) in [6.07, 6.45) is -2.83. The Bertz CT molecular complexity index is 825. The van der Waals surface area contributed by atoms with Crippen molar-refractivity contribution in [1.29, 1.82) is 0 Å².